The van der Waals surface area contributed by atoms with Crippen molar-refractivity contribution in [3.8, 4) is 33.4 Å². The number of hydrogen-bond donors (Lipinski definition) is 0. The van der Waals surface area contributed by atoms with Gasteiger partial charge in [0.15, 0.2) is 0 Å². The second-order valence-corrected chi connectivity index (χ2v) is 9.29. The summed E-state index contributed by atoms with van der Waals surface area (Å²) in [4.78, 5) is 4.34. The maximum absolute atomic E-state index is 6.56. The fraction of sp³-hybridized carbons (Fsp3) is 0.207. The summed E-state index contributed by atoms with van der Waals surface area (Å²) in [6.07, 6.45) is 10.1. The number of rotatable bonds is 2. The van der Waals surface area contributed by atoms with Crippen molar-refractivity contribution in [2.45, 2.75) is 37.5 Å². The molecule has 0 aliphatic heterocycles. The summed E-state index contributed by atoms with van der Waals surface area (Å²) >= 11 is 6.56. The fourth-order valence-electron chi connectivity index (χ4n) is 5.77. The molecule has 1 saturated carbocycles. The Bertz CT molecular complexity index is 1270. The lowest BCUT2D eigenvalue weighted by Gasteiger charge is -2.36. The SMILES string of the molecule is Clc1ccccc1-c1ccc2c(c1)C1(CCCCC1)c1cc(-c3cccnc3)ccc1-2. The molecule has 2 heteroatoms. The molecular formula is C29H24ClN. The first-order chi connectivity index (χ1) is 15.3. The molecule has 1 nitrogen and oxygen atoms in total. The van der Waals surface area contributed by atoms with Gasteiger partial charge in [-0.15, -0.1) is 0 Å². The molecule has 1 fully saturated rings. The molecule has 4 aromatic rings. The molecule has 0 saturated heterocycles. The number of hydrogen-bond acceptors (Lipinski definition) is 1. The second-order valence-electron chi connectivity index (χ2n) is 8.89. The predicted octanol–water partition coefficient (Wildman–Crippen LogP) is 8.30. The van der Waals surface area contributed by atoms with E-state index in [1.54, 1.807) is 0 Å². The third kappa shape index (κ3) is 2.95. The highest BCUT2D eigenvalue weighted by atomic mass is 35.5. The van der Waals surface area contributed by atoms with Gasteiger partial charge in [0.25, 0.3) is 0 Å². The van der Waals surface area contributed by atoms with Gasteiger partial charge in [-0.2, -0.15) is 0 Å². The molecule has 6 rings (SSSR count). The van der Waals surface area contributed by atoms with Crippen molar-refractivity contribution in [1.82, 2.24) is 4.98 Å². The van der Waals surface area contributed by atoms with E-state index in [0.29, 0.717) is 0 Å². The predicted molar refractivity (Wildman–Crippen MR) is 129 cm³/mol. The van der Waals surface area contributed by atoms with Crippen LogP contribution < -0.4 is 0 Å². The van der Waals surface area contributed by atoms with E-state index in [2.05, 4.69) is 59.6 Å². The van der Waals surface area contributed by atoms with Crippen molar-refractivity contribution < 1.29 is 0 Å². The zero-order valence-corrected chi connectivity index (χ0v) is 18.2. The van der Waals surface area contributed by atoms with Crippen molar-refractivity contribution in [3.63, 3.8) is 0 Å². The van der Waals surface area contributed by atoms with Gasteiger partial charge in [0.05, 0.1) is 0 Å². The summed E-state index contributed by atoms with van der Waals surface area (Å²) in [5.74, 6) is 0. The van der Waals surface area contributed by atoms with Crippen LogP contribution in [0.1, 0.15) is 43.2 Å². The summed E-state index contributed by atoms with van der Waals surface area (Å²) in [6.45, 7) is 0. The van der Waals surface area contributed by atoms with Crippen LogP contribution in [0.15, 0.2) is 85.2 Å². The van der Waals surface area contributed by atoms with Crippen molar-refractivity contribution >= 4 is 11.6 Å². The topological polar surface area (TPSA) is 12.9 Å². The molecule has 1 spiro atoms. The third-order valence-electron chi connectivity index (χ3n) is 7.25. The van der Waals surface area contributed by atoms with Crippen LogP contribution in [-0.2, 0) is 5.41 Å². The van der Waals surface area contributed by atoms with Crippen LogP contribution in [0, 0.1) is 0 Å². The zero-order valence-electron chi connectivity index (χ0n) is 17.4. The molecule has 2 aliphatic carbocycles. The van der Waals surface area contributed by atoms with Crippen LogP contribution in [0.25, 0.3) is 33.4 Å². The molecule has 31 heavy (non-hydrogen) atoms. The molecule has 2 aliphatic rings. The van der Waals surface area contributed by atoms with E-state index in [1.807, 2.05) is 30.6 Å². The van der Waals surface area contributed by atoms with E-state index < -0.39 is 0 Å². The largest absolute Gasteiger partial charge is 0.264 e. The molecule has 0 unspecified atom stereocenters. The molecule has 1 heterocycles. The van der Waals surface area contributed by atoms with Crippen LogP contribution in [0.3, 0.4) is 0 Å². The van der Waals surface area contributed by atoms with Crippen LogP contribution in [-0.4, -0.2) is 4.98 Å². The van der Waals surface area contributed by atoms with Crippen molar-refractivity contribution in [2.24, 2.45) is 0 Å². The minimum atomic E-state index is 0.110. The monoisotopic (exact) mass is 421 g/mol. The first-order valence-corrected chi connectivity index (χ1v) is 11.6. The minimum absolute atomic E-state index is 0.110. The van der Waals surface area contributed by atoms with Crippen LogP contribution >= 0.6 is 11.6 Å². The molecule has 0 radical (unpaired) electrons. The highest BCUT2D eigenvalue weighted by Crippen LogP contribution is 2.57. The van der Waals surface area contributed by atoms with E-state index in [0.717, 1.165) is 10.6 Å². The molecule has 152 valence electrons. The van der Waals surface area contributed by atoms with Crippen LogP contribution in [0.4, 0.5) is 0 Å². The Labute approximate surface area is 188 Å². The number of halogens is 1. The van der Waals surface area contributed by atoms with Gasteiger partial charge < -0.3 is 0 Å². The van der Waals surface area contributed by atoms with Gasteiger partial charge in [-0.05, 0) is 76.1 Å². The summed E-state index contributed by atoms with van der Waals surface area (Å²) in [5.41, 5.74) is 10.7. The maximum Gasteiger partial charge on any atom is 0.0484 e. The average molecular weight is 422 g/mol. The molecule has 0 atom stereocenters. The number of nitrogens with zero attached hydrogens (tertiary/aromatic N) is 1. The summed E-state index contributed by atoms with van der Waals surface area (Å²) < 4.78 is 0. The van der Waals surface area contributed by atoms with E-state index in [9.17, 15) is 0 Å². The zero-order chi connectivity index (χ0) is 20.8. The van der Waals surface area contributed by atoms with Gasteiger partial charge in [0.2, 0.25) is 0 Å². The molecule has 3 aromatic carbocycles. The van der Waals surface area contributed by atoms with Gasteiger partial charge in [0, 0.05) is 28.4 Å². The summed E-state index contributed by atoms with van der Waals surface area (Å²) in [5, 5.41) is 0.814. The Balaban J connectivity index is 1.55. The number of pyridine rings is 1. The van der Waals surface area contributed by atoms with Gasteiger partial charge in [-0.25, -0.2) is 0 Å². The van der Waals surface area contributed by atoms with Gasteiger partial charge in [-0.1, -0.05) is 79.4 Å². The standard InChI is InChI=1S/C29H24ClN/c30-28-9-3-2-8-23(28)21-11-13-25-24-12-10-20(22-7-6-16-31-19-22)17-26(24)29(27(25)18-21)14-4-1-5-15-29/h2-3,6-13,16-19H,1,4-5,14-15H2. The Morgan fingerprint density at radius 3 is 2.06 bits per heavy atom. The highest BCUT2D eigenvalue weighted by molar-refractivity contribution is 6.33. The lowest BCUT2D eigenvalue weighted by Crippen LogP contribution is -2.28. The molecular weight excluding hydrogens is 398 g/mol. The maximum atomic E-state index is 6.56. The number of benzene rings is 3. The second kappa shape index (κ2) is 7.35. The van der Waals surface area contributed by atoms with Crippen molar-refractivity contribution in [3.05, 3.63) is 101 Å². The van der Waals surface area contributed by atoms with E-state index >= 15 is 0 Å². The van der Waals surface area contributed by atoms with Crippen LogP contribution in [0.5, 0.6) is 0 Å². The van der Waals surface area contributed by atoms with Gasteiger partial charge in [-0.3, -0.25) is 4.98 Å². The van der Waals surface area contributed by atoms with Gasteiger partial charge in [0.1, 0.15) is 0 Å². The fourth-order valence-corrected chi connectivity index (χ4v) is 6.01. The van der Waals surface area contributed by atoms with Crippen molar-refractivity contribution in [1.29, 1.82) is 0 Å². The number of aromatic nitrogens is 1. The average Bonchev–Trinajstić information content (AvgIpc) is 3.09. The minimum Gasteiger partial charge on any atom is -0.264 e. The lowest BCUT2D eigenvalue weighted by molar-refractivity contribution is 0.353. The Hall–Kier alpha value is -2.90. The Morgan fingerprint density at radius 1 is 0.645 bits per heavy atom. The Kier molecular flexibility index (Phi) is 4.47. The molecule has 1 aromatic heterocycles. The highest BCUT2D eigenvalue weighted by Gasteiger charge is 2.44. The van der Waals surface area contributed by atoms with E-state index in [4.69, 9.17) is 11.6 Å². The first-order valence-electron chi connectivity index (χ1n) is 11.2. The smallest absolute Gasteiger partial charge is 0.0484 e. The number of fused-ring (bicyclic) bond motifs is 5. The normalized spacial score (nSPS) is 16.2. The van der Waals surface area contributed by atoms with Crippen molar-refractivity contribution in [2.75, 3.05) is 0 Å². The van der Waals surface area contributed by atoms with Gasteiger partial charge >= 0.3 is 0 Å². The van der Waals surface area contributed by atoms with E-state index in [1.165, 1.54) is 71.0 Å². The van der Waals surface area contributed by atoms with Crippen LogP contribution in [0.2, 0.25) is 5.02 Å². The molecule has 0 N–H and O–H groups in total. The summed E-state index contributed by atoms with van der Waals surface area (Å²) in [7, 11) is 0. The summed E-state index contributed by atoms with van der Waals surface area (Å²) in [6, 6.07) is 26.3. The molecule has 0 bridgehead atoms. The first kappa shape index (κ1) is 18.8. The quantitative estimate of drug-likeness (QED) is 0.317. The Morgan fingerprint density at radius 2 is 1.35 bits per heavy atom. The molecule has 0 amide bonds. The van der Waals surface area contributed by atoms with E-state index in [-0.39, 0.29) is 5.41 Å². The third-order valence-corrected chi connectivity index (χ3v) is 7.58. The lowest BCUT2D eigenvalue weighted by atomic mass is 9.67.